The monoisotopic (exact) mass is 424 g/mol. The van der Waals surface area contributed by atoms with E-state index >= 15 is 0 Å². The zero-order valence-corrected chi connectivity index (χ0v) is 18.0. The molecule has 1 saturated heterocycles. The third kappa shape index (κ3) is 5.15. The molecular weight excluding hydrogens is 396 g/mol. The Balaban J connectivity index is 1.49. The Kier molecular flexibility index (Phi) is 6.69. The van der Waals surface area contributed by atoms with Gasteiger partial charge in [0.25, 0.3) is 5.91 Å². The summed E-state index contributed by atoms with van der Waals surface area (Å²) in [4.78, 5) is 15.4. The number of nitrogens with one attached hydrogen (secondary N) is 1. The van der Waals surface area contributed by atoms with Crippen LogP contribution in [0.25, 0.3) is 17.1 Å². The average Bonchev–Trinajstić information content (AvgIpc) is 3.44. The Bertz CT molecular complexity index is 1000. The van der Waals surface area contributed by atoms with Crippen LogP contribution in [0.3, 0.4) is 0 Å². The van der Waals surface area contributed by atoms with Crippen LogP contribution in [-0.2, 0) is 4.74 Å². The summed E-state index contributed by atoms with van der Waals surface area (Å²) in [5, 5.41) is 7.67. The highest BCUT2D eigenvalue weighted by atomic mass is 16.5. The van der Waals surface area contributed by atoms with E-state index in [1.807, 2.05) is 43.3 Å². The molecule has 31 heavy (non-hydrogen) atoms. The summed E-state index contributed by atoms with van der Waals surface area (Å²) in [6.45, 7) is 6.88. The Morgan fingerprint density at radius 2 is 1.94 bits per heavy atom. The normalized spacial score (nSPS) is 14.5. The van der Waals surface area contributed by atoms with Gasteiger partial charge >= 0.3 is 0 Å². The van der Waals surface area contributed by atoms with Gasteiger partial charge in [-0.3, -0.25) is 9.69 Å². The molecule has 0 aliphatic carbocycles. The van der Waals surface area contributed by atoms with Gasteiger partial charge in [0.05, 0.1) is 26.0 Å². The number of hydrogen-bond acceptors (Lipinski definition) is 6. The molecular formula is C23H28N4O4. The fraction of sp³-hybridized carbons (Fsp3) is 0.391. The van der Waals surface area contributed by atoms with Gasteiger partial charge in [-0.1, -0.05) is 0 Å². The molecule has 0 saturated carbocycles. The Labute approximate surface area is 181 Å². The van der Waals surface area contributed by atoms with Crippen molar-refractivity contribution in [3.05, 3.63) is 53.9 Å². The molecule has 2 aromatic heterocycles. The van der Waals surface area contributed by atoms with Gasteiger partial charge < -0.3 is 19.2 Å². The largest absolute Gasteiger partial charge is 0.497 e. The number of rotatable bonds is 8. The van der Waals surface area contributed by atoms with Gasteiger partial charge in [0, 0.05) is 25.7 Å². The first kappa shape index (κ1) is 21.1. The molecule has 0 unspecified atom stereocenters. The van der Waals surface area contributed by atoms with E-state index in [9.17, 15) is 4.79 Å². The minimum absolute atomic E-state index is 0.167. The number of aryl methyl sites for hydroxylation is 1. The summed E-state index contributed by atoms with van der Waals surface area (Å²) in [5.74, 6) is 2.00. The van der Waals surface area contributed by atoms with Crippen molar-refractivity contribution in [1.82, 2.24) is 20.0 Å². The van der Waals surface area contributed by atoms with Gasteiger partial charge in [0.15, 0.2) is 5.76 Å². The third-order valence-electron chi connectivity index (χ3n) is 5.29. The van der Waals surface area contributed by atoms with Crippen LogP contribution in [-0.4, -0.2) is 67.1 Å². The molecule has 0 spiro atoms. The molecule has 4 rings (SSSR count). The Morgan fingerprint density at radius 1 is 1.16 bits per heavy atom. The fourth-order valence-corrected chi connectivity index (χ4v) is 3.58. The molecule has 1 N–H and O–H groups in total. The van der Waals surface area contributed by atoms with Crippen molar-refractivity contribution in [3.8, 4) is 22.9 Å². The van der Waals surface area contributed by atoms with Crippen LogP contribution >= 0.6 is 0 Å². The summed E-state index contributed by atoms with van der Waals surface area (Å²) in [7, 11) is 1.62. The van der Waals surface area contributed by atoms with Crippen LogP contribution in [0.1, 0.15) is 22.7 Å². The lowest BCUT2D eigenvalue weighted by atomic mass is 10.2. The van der Waals surface area contributed by atoms with E-state index in [4.69, 9.17) is 13.9 Å². The van der Waals surface area contributed by atoms with E-state index in [0.29, 0.717) is 23.7 Å². The number of carbonyl (C=O) groups is 1. The number of furan rings is 1. The molecule has 0 radical (unpaired) electrons. The molecule has 1 aliphatic heterocycles. The van der Waals surface area contributed by atoms with Gasteiger partial charge in [-0.25, -0.2) is 4.68 Å². The lowest BCUT2D eigenvalue weighted by Crippen LogP contribution is -2.38. The second kappa shape index (κ2) is 9.80. The van der Waals surface area contributed by atoms with Crippen LogP contribution in [0.2, 0.25) is 0 Å². The van der Waals surface area contributed by atoms with Crippen LogP contribution in [0, 0.1) is 6.92 Å². The molecule has 8 nitrogen and oxygen atoms in total. The first-order valence-electron chi connectivity index (χ1n) is 10.5. The summed E-state index contributed by atoms with van der Waals surface area (Å²) in [6, 6.07) is 12.9. The van der Waals surface area contributed by atoms with E-state index in [1.165, 1.54) is 0 Å². The number of carbonyl (C=O) groups excluding carboxylic acids is 1. The zero-order chi connectivity index (χ0) is 21.6. The highest BCUT2D eigenvalue weighted by Gasteiger charge is 2.19. The number of hydrogen-bond donors (Lipinski definition) is 1. The predicted molar refractivity (Wildman–Crippen MR) is 117 cm³/mol. The van der Waals surface area contributed by atoms with Gasteiger partial charge in [0.2, 0.25) is 0 Å². The summed E-state index contributed by atoms with van der Waals surface area (Å²) >= 11 is 0. The SMILES string of the molecule is COc1ccc(-n2nc(-c3ccc(C)o3)cc2C(=O)NCCCN2CCOCC2)cc1. The first-order valence-corrected chi connectivity index (χ1v) is 10.5. The zero-order valence-electron chi connectivity index (χ0n) is 18.0. The second-order valence-electron chi connectivity index (χ2n) is 7.50. The average molecular weight is 425 g/mol. The summed E-state index contributed by atoms with van der Waals surface area (Å²) < 4.78 is 18.0. The molecule has 8 heteroatoms. The van der Waals surface area contributed by atoms with Crippen molar-refractivity contribution in [2.24, 2.45) is 0 Å². The molecule has 1 aliphatic rings. The van der Waals surface area contributed by atoms with Crippen LogP contribution in [0.5, 0.6) is 5.75 Å². The molecule has 164 valence electrons. The topological polar surface area (TPSA) is 81.8 Å². The standard InChI is InChI=1S/C23H28N4O4/c1-17-4-9-22(31-17)20-16-21(27(25-20)18-5-7-19(29-2)8-6-18)23(28)24-10-3-11-26-12-14-30-15-13-26/h4-9,16H,3,10-15H2,1-2H3,(H,24,28). The van der Waals surface area contributed by atoms with E-state index in [1.54, 1.807) is 17.9 Å². The van der Waals surface area contributed by atoms with Gasteiger partial charge in [-0.2, -0.15) is 5.10 Å². The van der Waals surface area contributed by atoms with Gasteiger partial charge in [-0.05, 0) is 56.3 Å². The quantitative estimate of drug-likeness (QED) is 0.560. The maximum absolute atomic E-state index is 13.0. The highest BCUT2D eigenvalue weighted by molar-refractivity contribution is 5.94. The van der Waals surface area contributed by atoms with Crippen LogP contribution in [0.4, 0.5) is 0 Å². The number of methoxy groups -OCH3 is 1. The van der Waals surface area contributed by atoms with E-state index in [0.717, 1.165) is 56.5 Å². The van der Waals surface area contributed by atoms with E-state index < -0.39 is 0 Å². The van der Waals surface area contributed by atoms with Crippen molar-refractivity contribution in [2.45, 2.75) is 13.3 Å². The lowest BCUT2D eigenvalue weighted by Gasteiger charge is -2.26. The van der Waals surface area contributed by atoms with Gasteiger partial charge in [-0.15, -0.1) is 0 Å². The van der Waals surface area contributed by atoms with Crippen molar-refractivity contribution in [1.29, 1.82) is 0 Å². The first-order chi connectivity index (χ1) is 15.1. The van der Waals surface area contributed by atoms with Crippen LogP contribution < -0.4 is 10.1 Å². The van der Waals surface area contributed by atoms with E-state index in [2.05, 4.69) is 15.3 Å². The Morgan fingerprint density at radius 3 is 2.61 bits per heavy atom. The number of morpholine rings is 1. The number of ether oxygens (including phenoxy) is 2. The third-order valence-corrected chi connectivity index (χ3v) is 5.29. The minimum Gasteiger partial charge on any atom is -0.497 e. The maximum atomic E-state index is 13.0. The Hall–Kier alpha value is -3.10. The molecule has 0 atom stereocenters. The maximum Gasteiger partial charge on any atom is 0.270 e. The van der Waals surface area contributed by atoms with Crippen molar-refractivity contribution >= 4 is 5.91 Å². The molecule has 1 amide bonds. The number of aromatic nitrogens is 2. The molecule has 1 fully saturated rings. The van der Waals surface area contributed by atoms with Gasteiger partial charge in [0.1, 0.15) is 22.9 Å². The number of benzene rings is 1. The minimum atomic E-state index is -0.167. The molecule has 3 heterocycles. The fourth-order valence-electron chi connectivity index (χ4n) is 3.58. The summed E-state index contributed by atoms with van der Waals surface area (Å²) in [6.07, 6.45) is 0.882. The predicted octanol–water partition coefficient (Wildman–Crippen LogP) is 2.90. The summed E-state index contributed by atoms with van der Waals surface area (Å²) in [5.41, 5.74) is 1.84. The number of amides is 1. The van der Waals surface area contributed by atoms with Crippen LogP contribution in [0.15, 0.2) is 46.9 Å². The second-order valence-corrected chi connectivity index (χ2v) is 7.50. The van der Waals surface area contributed by atoms with Crippen molar-refractivity contribution in [2.75, 3.05) is 46.5 Å². The smallest absolute Gasteiger partial charge is 0.270 e. The van der Waals surface area contributed by atoms with Crippen molar-refractivity contribution < 1.29 is 18.7 Å². The molecule has 3 aromatic rings. The molecule has 0 bridgehead atoms. The highest BCUT2D eigenvalue weighted by Crippen LogP contribution is 2.24. The lowest BCUT2D eigenvalue weighted by molar-refractivity contribution is 0.0374. The van der Waals surface area contributed by atoms with E-state index in [-0.39, 0.29) is 5.91 Å². The molecule has 1 aromatic carbocycles. The van der Waals surface area contributed by atoms with Crippen molar-refractivity contribution in [3.63, 3.8) is 0 Å². The number of nitrogens with zero attached hydrogens (tertiary/aromatic N) is 3.